The van der Waals surface area contributed by atoms with E-state index in [0.29, 0.717) is 23.2 Å². The normalized spacial score (nSPS) is 25.6. The number of pyridine rings is 1. The molecule has 0 aliphatic heterocycles. The van der Waals surface area contributed by atoms with E-state index in [1.165, 1.54) is 18.2 Å². The number of rotatable bonds is 3. The lowest BCUT2D eigenvalue weighted by Crippen LogP contribution is -2.18. The Morgan fingerprint density at radius 2 is 1.97 bits per heavy atom. The molecule has 2 saturated carbocycles. The summed E-state index contributed by atoms with van der Waals surface area (Å²) in [5.41, 5.74) is 3.76. The second kappa shape index (κ2) is 7.36. The highest BCUT2D eigenvalue weighted by atomic mass is 35.5. The molecule has 7 heteroatoms. The highest BCUT2D eigenvalue weighted by molar-refractivity contribution is 6.31. The molecule has 2 aliphatic rings. The number of benzene rings is 1. The third-order valence-electron chi connectivity index (χ3n) is 6.79. The van der Waals surface area contributed by atoms with Crippen LogP contribution in [0.15, 0.2) is 36.5 Å². The summed E-state index contributed by atoms with van der Waals surface area (Å²) < 4.78 is 15.4. The fourth-order valence-corrected chi connectivity index (χ4v) is 5.71. The van der Waals surface area contributed by atoms with Crippen molar-refractivity contribution in [3.8, 4) is 0 Å². The van der Waals surface area contributed by atoms with Crippen LogP contribution in [0.3, 0.4) is 0 Å². The molecular weight excluding hydrogens is 405 g/mol. The molecule has 2 aromatic heterocycles. The third-order valence-corrected chi connectivity index (χ3v) is 7.07. The number of hydrogen-bond donors (Lipinski definition) is 2. The number of halogens is 2. The number of carbonyl (C=O) groups is 1. The molecule has 2 atom stereocenters. The summed E-state index contributed by atoms with van der Waals surface area (Å²) in [6.07, 6.45) is 5.16. The molecular formula is C23H23ClFN3O2. The van der Waals surface area contributed by atoms with Crippen molar-refractivity contribution in [2.75, 3.05) is 5.32 Å². The summed E-state index contributed by atoms with van der Waals surface area (Å²) in [4.78, 5) is 18.0. The molecule has 2 N–H and O–H groups in total. The van der Waals surface area contributed by atoms with Crippen molar-refractivity contribution in [3.05, 3.63) is 58.6 Å². The fourth-order valence-electron chi connectivity index (χ4n) is 5.53. The van der Waals surface area contributed by atoms with Crippen LogP contribution < -0.4 is 5.32 Å². The first kappa shape index (κ1) is 19.5. The van der Waals surface area contributed by atoms with Gasteiger partial charge < -0.3 is 15.0 Å². The van der Waals surface area contributed by atoms with Crippen LogP contribution in [0.5, 0.6) is 0 Å². The van der Waals surface area contributed by atoms with E-state index in [4.69, 9.17) is 11.6 Å². The van der Waals surface area contributed by atoms with Crippen molar-refractivity contribution in [3.63, 3.8) is 0 Å². The van der Waals surface area contributed by atoms with E-state index in [2.05, 4.69) is 10.3 Å². The molecule has 2 heterocycles. The number of nitrogens with one attached hydrogen (secondary N) is 1. The average molecular weight is 428 g/mol. The van der Waals surface area contributed by atoms with Crippen molar-refractivity contribution in [2.24, 2.45) is 18.9 Å². The second-order valence-corrected chi connectivity index (χ2v) is 9.00. The SMILES string of the molecule is Cn1c(C(=O)Nc2ccc(F)c(Cl)c2)c(C2CC3CC(O)CC3C2)c2ncccc21. The number of hydrogen-bond acceptors (Lipinski definition) is 3. The van der Waals surface area contributed by atoms with Crippen LogP contribution in [0.1, 0.15) is 47.7 Å². The summed E-state index contributed by atoms with van der Waals surface area (Å²) in [5, 5.41) is 12.8. The number of anilines is 1. The maximum Gasteiger partial charge on any atom is 0.272 e. The third kappa shape index (κ3) is 3.19. The molecule has 2 fully saturated rings. The van der Waals surface area contributed by atoms with Crippen molar-refractivity contribution in [2.45, 2.75) is 37.7 Å². The molecule has 1 amide bonds. The number of aliphatic hydroxyl groups is 1. The standard InChI is InChI=1S/C23H23ClFN3O2/c1-28-19-3-2-6-26-21(19)20(14-7-12-9-16(29)10-13(12)8-14)22(28)23(30)27-15-4-5-18(25)17(24)11-15/h2-6,11-14,16,29H,7-10H2,1H3,(H,27,30). The van der Waals surface area contributed by atoms with Gasteiger partial charge in [0.1, 0.15) is 11.5 Å². The predicted octanol–water partition coefficient (Wildman–Crippen LogP) is 4.88. The van der Waals surface area contributed by atoms with Gasteiger partial charge in [0.25, 0.3) is 5.91 Å². The molecule has 0 spiro atoms. The number of carbonyl (C=O) groups excluding carboxylic acids is 1. The summed E-state index contributed by atoms with van der Waals surface area (Å²) in [6.45, 7) is 0. The van der Waals surface area contributed by atoms with Crippen LogP contribution in [-0.2, 0) is 7.05 Å². The first-order valence-electron chi connectivity index (χ1n) is 10.3. The van der Waals surface area contributed by atoms with Gasteiger partial charge in [-0.05, 0) is 73.8 Å². The Bertz CT molecular complexity index is 1130. The Labute approximate surface area is 178 Å². The largest absolute Gasteiger partial charge is 0.393 e. The van der Waals surface area contributed by atoms with E-state index in [1.54, 1.807) is 6.20 Å². The monoisotopic (exact) mass is 427 g/mol. The summed E-state index contributed by atoms with van der Waals surface area (Å²) >= 11 is 5.88. The maximum absolute atomic E-state index is 13.5. The Hall–Kier alpha value is -2.44. The van der Waals surface area contributed by atoms with E-state index in [-0.39, 0.29) is 23.0 Å². The zero-order valence-corrected chi connectivity index (χ0v) is 17.4. The zero-order chi connectivity index (χ0) is 21.0. The van der Waals surface area contributed by atoms with Gasteiger partial charge in [-0.25, -0.2) is 4.39 Å². The first-order chi connectivity index (χ1) is 14.4. The summed E-state index contributed by atoms with van der Waals surface area (Å²) in [7, 11) is 1.87. The van der Waals surface area contributed by atoms with Crippen molar-refractivity contribution >= 4 is 34.2 Å². The van der Waals surface area contributed by atoms with Crippen LogP contribution in [0, 0.1) is 17.7 Å². The highest BCUT2D eigenvalue weighted by Crippen LogP contribution is 2.52. The molecule has 156 valence electrons. The smallest absolute Gasteiger partial charge is 0.272 e. The van der Waals surface area contributed by atoms with Crippen LogP contribution in [0.25, 0.3) is 11.0 Å². The molecule has 5 rings (SSSR count). The van der Waals surface area contributed by atoms with Gasteiger partial charge in [0, 0.05) is 24.5 Å². The van der Waals surface area contributed by atoms with Gasteiger partial charge in [0.15, 0.2) is 0 Å². The van der Waals surface area contributed by atoms with Gasteiger partial charge in [-0.3, -0.25) is 9.78 Å². The highest BCUT2D eigenvalue weighted by Gasteiger charge is 2.43. The number of aryl methyl sites for hydroxylation is 1. The van der Waals surface area contributed by atoms with Gasteiger partial charge in [0.2, 0.25) is 0 Å². The van der Waals surface area contributed by atoms with Gasteiger partial charge >= 0.3 is 0 Å². The molecule has 2 aliphatic carbocycles. The lowest BCUT2D eigenvalue weighted by Gasteiger charge is -2.15. The van der Waals surface area contributed by atoms with E-state index >= 15 is 0 Å². The van der Waals surface area contributed by atoms with Crippen LogP contribution >= 0.6 is 11.6 Å². The maximum atomic E-state index is 13.5. The van der Waals surface area contributed by atoms with Crippen LogP contribution in [-0.4, -0.2) is 26.7 Å². The van der Waals surface area contributed by atoms with E-state index in [1.807, 2.05) is 23.7 Å². The lowest BCUT2D eigenvalue weighted by atomic mass is 9.93. The van der Waals surface area contributed by atoms with E-state index < -0.39 is 5.82 Å². The molecule has 30 heavy (non-hydrogen) atoms. The van der Waals surface area contributed by atoms with Gasteiger partial charge in [-0.1, -0.05) is 11.6 Å². The van der Waals surface area contributed by atoms with Gasteiger partial charge in [0.05, 0.1) is 22.2 Å². The Morgan fingerprint density at radius 3 is 2.67 bits per heavy atom. The van der Waals surface area contributed by atoms with Gasteiger partial charge in [-0.2, -0.15) is 0 Å². The fraction of sp³-hybridized carbons (Fsp3) is 0.391. The number of aromatic nitrogens is 2. The molecule has 1 aromatic carbocycles. The quantitative estimate of drug-likeness (QED) is 0.625. The Kier molecular flexibility index (Phi) is 4.79. The minimum Gasteiger partial charge on any atom is -0.393 e. The minimum absolute atomic E-state index is 0.0334. The van der Waals surface area contributed by atoms with Crippen LogP contribution in [0.4, 0.5) is 10.1 Å². The zero-order valence-electron chi connectivity index (χ0n) is 16.6. The molecule has 2 unspecified atom stereocenters. The number of nitrogens with zero attached hydrogens (tertiary/aromatic N) is 2. The Morgan fingerprint density at radius 1 is 1.23 bits per heavy atom. The number of amides is 1. The summed E-state index contributed by atoms with van der Waals surface area (Å²) in [6, 6.07) is 7.99. The Balaban J connectivity index is 1.54. The van der Waals surface area contributed by atoms with Crippen molar-refractivity contribution in [1.82, 2.24) is 9.55 Å². The summed E-state index contributed by atoms with van der Waals surface area (Å²) in [5.74, 6) is 0.435. The predicted molar refractivity (Wildman–Crippen MR) is 114 cm³/mol. The van der Waals surface area contributed by atoms with E-state index in [0.717, 1.165) is 42.3 Å². The molecule has 0 saturated heterocycles. The number of fused-ring (bicyclic) bond motifs is 2. The van der Waals surface area contributed by atoms with Gasteiger partial charge in [-0.15, -0.1) is 0 Å². The first-order valence-corrected chi connectivity index (χ1v) is 10.7. The molecule has 0 bridgehead atoms. The molecule has 5 nitrogen and oxygen atoms in total. The lowest BCUT2D eigenvalue weighted by molar-refractivity contribution is 0.101. The van der Waals surface area contributed by atoms with Crippen LogP contribution in [0.2, 0.25) is 5.02 Å². The van der Waals surface area contributed by atoms with Crippen molar-refractivity contribution in [1.29, 1.82) is 0 Å². The topological polar surface area (TPSA) is 67.2 Å². The minimum atomic E-state index is -0.524. The second-order valence-electron chi connectivity index (χ2n) is 8.59. The van der Waals surface area contributed by atoms with E-state index in [9.17, 15) is 14.3 Å². The van der Waals surface area contributed by atoms with Crippen molar-refractivity contribution < 1.29 is 14.3 Å². The molecule has 3 aromatic rings. The number of aliphatic hydroxyl groups excluding tert-OH is 1. The average Bonchev–Trinajstić information content (AvgIpc) is 3.34. The molecule has 0 radical (unpaired) electrons.